The van der Waals surface area contributed by atoms with Gasteiger partial charge in [-0.3, -0.25) is 19.3 Å². The van der Waals surface area contributed by atoms with E-state index in [1.54, 1.807) is 12.1 Å². The highest BCUT2D eigenvalue weighted by atomic mass is 79.9. The summed E-state index contributed by atoms with van der Waals surface area (Å²) in [5, 5.41) is 2.77. The van der Waals surface area contributed by atoms with Crippen LogP contribution in [0.4, 0.5) is 5.69 Å². The summed E-state index contributed by atoms with van der Waals surface area (Å²) in [7, 11) is 0. The van der Waals surface area contributed by atoms with Gasteiger partial charge in [0.15, 0.2) is 0 Å². The minimum Gasteiger partial charge on any atom is -0.325 e. The van der Waals surface area contributed by atoms with E-state index in [9.17, 15) is 14.4 Å². The number of hydrogen-bond donors (Lipinski definition) is 1. The Labute approximate surface area is 177 Å². The lowest BCUT2D eigenvalue weighted by molar-refractivity contribution is -0.143. The number of carbonyl (C=O) groups excluding carboxylic acids is 3. The van der Waals surface area contributed by atoms with Crippen molar-refractivity contribution in [1.82, 2.24) is 4.90 Å². The molecule has 0 unspecified atom stereocenters. The number of anilines is 1. The summed E-state index contributed by atoms with van der Waals surface area (Å²) < 4.78 is 0.914. The second-order valence-electron chi connectivity index (χ2n) is 8.28. The van der Waals surface area contributed by atoms with Gasteiger partial charge in [-0.15, -0.1) is 0 Å². The van der Waals surface area contributed by atoms with Crippen molar-refractivity contribution in [3.63, 3.8) is 0 Å². The summed E-state index contributed by atoms with van der Waals surface area (Å²) >= 11 is 3.35. The van der Waals surface area contributed by atoms with Gasteiger partial charge in [-0.1, -0.05) is 46.3 Å². The zero-order chi connectivity index (χ0) is 20.1. The number of hydrogen-bond acceptors (Lipinski definition) is 3. The molecular formula is C23H21BrN2O3. The van der Waals surface area contributed by atoms with E-state index in [0.29, 0.717) is 11.6 Å². The number of halogens is 1. The molecule has 3 fully saturated rings. The van der Waals surface area contributed by atoms with Crippen molar-refractivity contribution in [1.29, 1.82) is 0 Å². The highest BCUT2D eigenvalue weighted by Crippen LogP contribution is 2.61. The van der Waals surface area contributed by atoms with Crippen molar-refractivity contribution < 1.29 is 14.4 Å². The van der Waals surface area contributed by atoms with Crippen LogP contribution in [-0.2, 0) is 14.4 Å². The SMILES string of the molecule is O=C(CN1C(=O)[C@@H]2[C@@H]3C[C@@H]([C@@H]2C1=O)[C@H](c1ccccc1)C3)Nc1ccc(Br)cc1. The molecule has 3 amide bonds. The van der Waals surface area contributed by atoms with E-state index >= 15 is 0 Å². The lowest BCUT2D eigenvalue weighted by Gasteiger charge is -2.28. The Morgan fingerprint density at radius 1 is 0.966 bits per heavy atom. The van der Waals surface area contributed by atoms with Gasteiger partial charge in [-0.2, -0.15) is 0 Å². The van der Waals surface area contributed by atoms with Gasteiger partial charge in [-0.25, -0.2) is 0 Å². The fraction of sp³-hybridized carbons (Fsp3) is 0.348. The molecule has 2 aromatic rings. The largest absolute Gasteiger partial charge is 0.325 e. The predicted molar refractivity (Wildman–Crippen MR) is 112 cm³/mol. The van der Waals surface area contributed by atoms with Crippen molar-refractivity contribution in [2.45, 2.75) is 18.8 Å². The molecule has 1 aliphatic heterocycles. The first-order chi connectivity index (χ1) is 14.0. The van der Waals surface area contributed by atoms with E-state index in [1.165, 1.54) is 10.5 Å². The van der Waals surface area contributed by atoms with Gasteiger partial charge in [0, 0.05) is 10.2 Å². The van der Waals surface area contributed by atoms with Gasteiger partial charge in [0.05, 0.1) is 11.8 Å². The monoisotopic (exact) mass is 452 g/mol. The standard InChI is InChI=1S/C23H21BrN2O3/c24-15-6-8-16(9-7-15)25-19(27)12-26-22(28)20-14-10-17(13-4-2-1-3-5-13)18(11-14)21(20)23(26)29/h1-9,14,17-18,20-21H,10-12H2,(H,25,27)/t14-,17-,18+,20+,21-/m0/s1. The lowest BCUT2D eigenvalue weighted by atomic mass is 9.73. The number of nitrogens with one attached hydrogen (secondary N) is 1. The maximum atomic E-state index is 13.1. The second-order valence-corrected chi connectivity index (χ2v) is 9.20. The number of amides is 3. The summed E-state index contributed by atoms with van der Waals surface area (Å²) in [6.07, 6.45) is 1.89. The van der Waals surface area contributed by atoms with Gasteiger partial charge in [0.25, 0.3) is 0 Å². The fourth-order valence-electron chi connectivity index (χ4n) is 5.64. The van der Waals surface area contributed by atoms with Crippen LogP contribution in [0.25, 0.3) is 0 Å². The Kier molecular flexibility index (Phi) is 4.54. The predicted octanol–water partition coefficient (Wildman–Crippen LogP) is 3.81. The minimum atomic E-state index is -0.346. The zero-order valence-electron chi connectivity index (χ0n) is 15.8. The average Bonchev–Trinajstić information content (AvgIpc) is 3.38. The molecule has 148 valence electrons. The number of rotatable bonds is 4. The van der Waals surface area contributed by atoms with E-state index in [1.807, 2.05) is 30.3 Å². The van der Waals surface area contributed by atoms with Gasteiger partial charge < -0.3 is 5.32 Å². The maximum absolute atomic E-state index is 13.1. The van der Waals surface area contributed by atoms with Gasteiger partial charge in [0.1, 0.15) is 6.54 Å². The molecule has 6 heteroatoms. The third kappa shape index (κ3) is 3.10. The number of nitrogens with zero attached hydrogens (tertiary/aromatic N) is 1. The molecule has 1 N–H and O–H groups in total. The van der Waals surface area contributed by atoms with Crippen molar-refractivity contribution >= 4 is 39.3 Å². The first-order valence-electron chi connectivity index (χ1n) is 9.98. The number of fused-ring (bicyclic) bond motifs is 5. The number of carbonyl (C=O) groups is 3. The van der Waals surface area contributed by atoms with E-state index < -0.39 is 0 Å². The Bertz CT molecular complexity index is 975. The molecule has 0 aromatic heterocycles. The molecule has 0 spiro atoms. The summed E-state index contributed by atoms with van der Waals surface area (Å²) in [6, 6.07) is 17.5. The summed E-state index contributed by atoms with van der Waals surface area (Å²) in [5.41, 5.74) is 1.90. The first kappa shape index (κ1) is 18.6. The Balaban J connectivity index is 1.31. The molecule has 5 nitrogen and oxygen atoms in total. The highest BCUT2D eigenvalue weighted by Gasteiger charge is 2.63. The van der Waals surface area contributed by atoms with Crippen LogP contribution in [0.3, 0.4) is 0 Å². The summed E-state index contributed by atoms with van der Waals surface area (Å²) in [6.45, 7) is -0.212. The van der Waals surface area contributed by atoms with Crippen molar-refractivity contribution in [3.8, 4) is 0 Å². The molecule has 0 radical (unpaired) electrons. The quantitative estimate of drug-likeness (QED) is 0.717. The van der Waals surface area contributed by atoms with E-state index in [2.05, 4.69) is 33.4 Å². The lowest BCUT2D eigenvalue weighted by Crippen LogP contribution is -2.39. The summed E-state index contributed by atoms with van der Waals surface area (Å²) in [5.74, 6) is -0.421. The fourth-order valence-corrected chi connectivity index (χ4v) is 5.90. The average molecular weight is 453 g/mol. The zero-order valence-corrected chi connectivity index (χ0v) is 17.3. The van der Waals surface area contributed by atoms with Crippen LogP contribution >= 0.6 is 15.9 Å². The van der Waals surface area contributed by atoms with Crippen molar-refractivity contribution in [2.24, 2.45) is 23.7 Å². The molecule has 2 aromatic carbocycles. The molecule has 2 aliphatic carbocycles. The Morgan fingerprint density at radius 3 is 2.38 bits per heavy atom. The van der Waals surface area contributed by atoms with Crippen LogP contribution in [0.1, 0.15) is 24.3 Å². The van der Waals surface area contributed by atoms with Crippen LogP contribution in [0.15, 0.2) is 59.1 Å². The Hall–Kier alpha value is -2.47. The molecule has 3 aliphatic rings. The number of likely N-dealkylation sites (tertiary alicyclic amines) is 1. The van der Waals surface area contributed by atoms with Crippen LogP contribution < -0.4 is 5.32 Å². The van der Waals surface area contributed by atoms with Crippen LogP contribution in [-0.4, -0.2) is 29.2 Å². The molecule has 5 atom stereocenters. The molecule has 29 heavy (non-hydrogen) atoms. The third-order valence-electron chi connectivity index (χ3n) is 6.76. The van der Waals surface area contributed by atoms with E-state index in [0.717, 1.165) is 17.3 Å². The van der Waals surface area contributed by atoms with E-state index in [-0.39, 0.29) is 47.9 Å². The third-order valence-corrected chi connectivity index (χ3v) is 7.29. The van der Waals surface area contributed by atoms with Crippen LogP contribution in [0.2, 0.25) is 0 Å². The molecule has 1 heterocycles. The van der Waals surface area contributed by atoms with Crippen molar-refractivity contribution in [2.75, 3.05) is 11.9 Å². The molecular weight excluding hydrogens is 432 g/mol. The topological polar surface area (TPSA) is 66.5 Å². The second kappa shape index (κ2) is 7.10. The molecule has 1 saturated heterocycles. The number of benzene rings is 2. The van der Waals surface area contributed by atoms with Gasteiger partial charge in [0.2, 0.25) is 17.7 Å². The molecule has 2 saturated carbocycles. The highest BCUT2D eigenvalue weighted by molar-refractivity contribution is 9.10. The van der Waals surface area contributed by atoms with Crippen LogP contribution in [0, 0.1) is 23.7 Å². The first-order valence-corrected chi connectivity index (χ1v) is 10.8. The normalized spacial score (nSPS) is 30.0. The van der Waals surface area contributed by atoms with Crippen molar-refractivity contribution in [3.05, 3.63) is 64.6 Å². The van der Waals surface area contributed by atoms with Crippen LogP contribution in [0.5, 0.6) is 0 Å². The van der Waals surface area contributed by atoms with E-state index in [4.69, 9.17) is 0 Å². The number of imide groups is 1. The van der Waals surface area contributed by atoms with Gasteiger partial charge in [-0.05, 0) is 60.4 Å². The maximum Gasteiger partial charge on any atom is 0.244 e. The van der Waals surface area contributed by atoms with Gasteiger partial charge >= 0.3 is 0 Å². The molecule has 2 bridgehead atoms. The minimum absolute atomic E-state index is 0.162. The summed E-state index contributed by atoms with van der Waals surface area (Å²) in [4.78, 5) is 39.7. The molecule has 5 rings (SSSR count). The Morgan fingerprint density at radius 2 is 1.66 bits per heavy atom. The smallest absolute Gasteiger partial charge is 0.244 e.